The molecule has 0 atom stereocenters. The third-order valence-electron chi connectivity index (χ3n) is 1.10. The van der Waals surface area contributed by atoms with Crippen LogP contribution in [-0.4, -0.2) is 12.6 Å². The number of thiophene rings is 1. The fourth-order valence-electron chi connectivity index (χ4n) is 0.646. The van der Waals surface area contributed by atoms with Crippen LogP contribution >= 0.6 is 24.0 Å². The molecule has 1 rings (SSSR count). The summed E-state index contributed by atoms with van der Waals surface area (Å²) in [5.74, 6) is -0.274. The molecule has 1 aromatic rings. The first-order chi connectivity index (χ1) is 5.24. The Hall–Kier alpha value is -0.480. The Morgan fingerprint density at radius 2 is 2.55 bits per heavy atom. The van der Waals surface area contributed by atoms with Gasteiger partial charge >= 0.3 is 5.97 Å². The second-order valence-electron chi connectivity index (χ2n) is 1.89. The van der Waals surface area contributed by atoms with Gasteiger partial charge < -0.3 is 4.74 Å². The highest BCUT2D eigenvalue weighted by molar-refractivity contribution is 7.82. The van der Waals surface area contributed by atoms with E-state index < -0.39 is 0 Å². The molecule has 0 amide bonds. The van der Waals surface area contributed by atoms with Crippen molar-refractivity contribution in [1.82, 2.24) is 0 Å². The molecule has 0 saturated heterocycles. The van der Waals surface area contributed by atoms with Crippen LogP contribution in [-0.2, 0) is 4.74 Å². The van der Waals surface area contributed by atoms with Gasteiger partial charge in [-0.25, -0.2) is 4.79 Å². The summed E-state index contributed by atoms with van der Waals surface area (Å²) in [7, 11) is 0. The summed E-state index contributed by atoms with van der Waals surface area (Å²) in [4.78, 5) is 11.0. The van der Waals surface area contributed by atoms with Crippen molar-refractivity contribution in [2.75, 3.05) is 6.61 Å². The minimum atomic E-state index is -0.274. The van der Waals surface area contributed by atoms with Gasteiger partial charge in [-0.15, -0.1) is 24.0 Å². The van der Waals surface area contributed by atoms with Crippen LogP contribution in [0.15, 0.2) is 15.7 Å². The predicted molar refractivity (Wildman–Crippen MR) is 47.5 cm³/mol. The lowest BCUT2D eigenvalue weighted by atomic mass is 10.3. The van der Waals surface area contributed by atoms with E-state index in [0.29, 0.717) is 12.2 Å². The Morgan fingerprint density at radius 1 is 1.82 bits per heavy atom. The smallest absolute Gasteiger partial charge is 0.339 e. The topological polar surface area (TPSA) is 26.3 Å². The molecule has 0 unspecified atom stereocenters. The summed E-state index contributed by atoms with van der Waals surface area (Å²) in [6, 6.07) is 1.70. The van der Waals surface area contributed by atoms with Gasteiger partial charge in [-0.2, -0.15) is 0 Å². The van der Waals surface area contributed by atoms with Gasteiger partial charge in [0.25, 0.3) is 0 Å². The average Bonchev–Trinajstić information content (AvgIpc) is 2.36. The van der Waals surface area contributed by atoms with Crippen LogP contribution < -0.4 is 0 Å². The van der Waals surface area contributed by atoms with Crippen molar-refractivity contribution < 1.29 is 9.53 Å². The maximum atomic E-state index is 11.0. The van der Waals surface area contributed by atoms with E-state index in [-0.39, 0.29) is 5.97 Å². The second kappa shape index (κ2) is 3.78. The number of carbonyl (C=O) groups excluding carboxylic acids is 1. The summed E-state index contributed by atoms with van der Waals surface area (Å²) in [6.45, 7) is 2.20. The SMILES string of the molecule is CCOC(=O)c1csc(S)c1. The zero-order valence-electron chi connectivity index (χ0n) is 6.03. The number of thiol groups is 1. The third kappa shape index (κ3) is 2.24. The molecule has 0 N–H and O–H groups in total. The van der Waals surface area contributed by atoms with E-state index in [1.807, 2.05) is 0 Å². The largest absolute Gasteiger partial charge is 0.462 e. The highest BCUT2D eigenvalue weighted by Gasteiger charge is 2.06. The molecule has 0 fully saturated rings. The van der Waals surface area contributed by atoms with Gasteiger partial charge in [0.2, 0.25) is 0 Å². The van der Waals surface area contributed by atoms with Gasteiger partial charge in [0.15, 0.2) is 0 Å². The van der Waals surface area contributed by atoms with Crippen molar-refractivity contribution in [1.29, 1.82) is 0 Å². The first kappa shape index (κ1) is 8.62. The van der Waals surface area contributed by atoms with E-state index >= 15 is 0 Å². The number of hydrogen-bond donors (Lipinski definition) is 1. The van der Waals surface area contributed by atoms with E-state index in [4.69, 9.17) is 4.74 Å². The van der Waals surface area contributed by atoms with Gasteiger partial charge in [-0.05, 0) is 13.0 Å². The predicted octanol–water partition coefficient (Wildman–Crippen LogP) is 2.21. The van der Waals surface area contributed by atoms with Crippen molar-refractivity contribution in [3.63, 3.8) is 0 Å². The van der Waals surface area contributed by atoms with Gasteiger partial charge in [-0.1, -0.05) is 0 Å². The molecule has 4 heteroatoms. The van der Waals surface area contributed by atoms with E-state index in [1.165, 1.54) is 11.3 Å². The van der Waals surface area contributed by atoms with Crippen LogP contribution in [0.4, 0.5) is 0 Å². The van der Waals surface area contributed by atoms with Gasteiger partial charge in [0.05, 0.1) is 16.4 Å². The first-order valence-corrected chi connectivity index (χ1v) is 4.51. The van der Waals surface area contributed by atoms with Crippen molar-refractivity contribution in [3.8, 4) is 0 Å². The number of rotatable bonds is 2. The molecular formula is C7H8O2S2. The number of esters is 1. The molecule has 2 nitrogen and oxygen atoms in total. The van der Waals surface area contributed by atoms with Crippen LogP contribution in [0.3, 0.4) is 0 Å². The van der Waals surface area contributed by atoms with Crippen LogP contribution in [0.5, 0.6) is 0 Å². The summed E-state index contributed by atoms with van der Waals surface area (Å²) in [5.41, 5.74) is 0.585. The van der Waals surface area contributed by atoms with Crippen LogP contribution in [0.2, 0.25) is 0 Å². The molecule has 0 aliphatic carbocycles. The minimum absolute atomic E-state index is 0.274. The molecule has 0 aliphatic rings. The van der Waals surface area contributed by atoms with E-state index in [0.717, 1.165) is 4.21 Å². The highest BCUT2D eigenvalue weighted by atomic mass is 32.2. The highest BCUT2D eigenvalue weighted by Crippen LogP contribution is 2.18. The lowest BCUT2D eigenvalue weighted by Gasteiger charge is -1.96. The van der Waals surface area contributed by atoms with Crippen molar-refractivity contribution in [2.24, 2.45) is 0 Å². The maximum absolute atomic E-state index is 11.0. The zero-order chi connectivity index (χ0) is 8.27. The average molecular weight is 188 g/mol. The Balaban J connectivity index is 2.69. The minimum Gasteiger partial charge on any atom is -0.462 e. The molecule has 0 saturated carbocycles. The third-order valence-corrected chi connectivity index (χ3v) is 2.27. The van der Waals surface area contributed by atoms with E-state index in [2.05, 4.69) is 12.6 Å². The van der Waals surface area contributed by atoms with Gasteiger partial charge in [-0.3, -0.25) is 0 Å². The Labute approximate surface area is 74.6 Å². The second-order valence-corrected chi connectivity index (χ2v) is 3.59. The van der Waals surface area contributed by atoms with Crippen molar-refractivity contribution >= 4 is 29.9 Å². The van der Waals surface area contributed by atoms with Crippen LogP contribution in [0.25, 0.3) is 0 Å². The molecular weight excluding hydrogens is 180 g/mol. The fourth-order valence-corrected chi connectivity index (χ4v) is 1.55. The van der Waals surface area contributed by atoms with Crippen molar-refractivity contribution in [2.45, 2.75) is 11.1 Å². The van der Waals surface area contributed by atoms with Gasteiger partial charge in [0, 0.05) is 5.38 Å². The van der Waals surface area contributed by atoms with Crippen molar-refractivity contribution in [3.05, 3.63) is 17.0 Å². The number of carbonyl (C=O) groups is 1. The summed E-state index contributed by atoms with van der Waals surface area (Å²) < 4.78 is 5.60. The number of ether oxygens (including phenoxy) is 1. The molecule has 0 aromatic carbocycles. The van der Waals surface area contributed by atoms with Crippen LogP contribution in [0.1, 0.15) is 17.3 Å². The molecule has 0 radical (unpaired) electrons. The van der Waals surface area contributed by atoms with E-state index in [1.54, 1.807) is 18.4 Å². The zero-order valence-corrected chi connectivity index (χ0v) is 7.74. The van der Waals surface area contributed by atoms with Crippen LogP contribution in [0, 0.1) is 0 Å². The first-order valence-electron chi connectivity index (χ1n) is 3.18. The molecule has 0 aliphatic heterocycles. The lowest BCUT2D eigenvalue weighted by molar-refractivity contribution is 0.0527. The molecule has 1 heterocycles. The standard InChI is InChI=1S/C7H8O2S2/c1-2-9-7(8)5-3-6(10)11-4-5/h3-4,10H,2H2,1H3. The molecule has 60 valence electrons. The normalized spacial score (nSPS) is 9.64. The molecule has 1 aromatic heterocycles. The summed E-state index contributed by atoms with van der Waals surface area (Å²) >= 11 is 5.50. The molecule has 0 bridgehead atoms. The van der Waals surface area contributed by atoms with E-state index in [9.17, 15) is 4.79 Å². The monoisotopic (exact) mass is 188 g/mol. The quantitative estimate of drug-likeness (QED) is 0.569. The molecule has 11 heavy (non-hydrogen) atoms. The molecule has 0 spiro atoms. The maximum Gasteiger partial charge on any atom is 0.339 e. The Bertz CT molecular complexity index is 255. The fraction of sp³-hybridized carbons (Fsp3) is 0.286. The lowest BCUT2D eigenvalue weighted by Crippen LogP contribution is -2.02. The Morgan fingerprint density at radius 3 is 3.00 bits per heavy atom. The number of hydrogen-bond acceptors (Lipinski definition) is 4. The van der Waals surface area contributed by atoms with Gasteiger partial charge in [0.1, 0.15) is 0 Å². The summed E-state index contributed by atoms with van der Waals surface area (Å²) in [5, 5.41) is 1.74. The summed E-state index contributed by atoms with van der Waals surface area (Å²) in [6.07, 6.45) is 0. The Kier molecular flexibility index (Phi) is 2.96.